The van der Waals surface area contributed by atoms with E-state index in [0.717, 1.165) is 19.0 Å². The van der Waals surface area contributed by atoms with Crippen LogP contribution in [0.5, 0.6) is 0 Å². The molecule has 0 bridgehead atoms. The maximum Gasteiger partial charge on any atom is 0.225 e. The van der Waals surface area contributed by atoms with Crippen molar-refractivity contribution in [3.63, 3.8) is 0 Å². The van der Waals surface area contributed by atoms with Crippen molar-refractivity contribution in [1.82, 2.24) is 4.90 Å². The van der Waals surface area contributed by atoms with Crippen molar-refractivity contribution < 1.29 is 9.90 Å². The second-order valence-electron chi connectivity index (χ2n) is 9.67. The van der Waals surface area contributed by atoms with E-state index in [1.54, 1.807) is 0 Å². The smallest absolute Gasteiger partial charge is 0.225 e. The molecule has 3 nitrogen and oxygen atoms in total. The van der Waals surface area contributed by atoms with Crippen molar-refractivity contribution in [2.24, 2.45) is 17.3 Å². The van der Waals surface area contributed by atoms with Crippen LogP contribution in [0.15, 0.2) is 24.3 Å². The minimum Gasteiger partial charge on any atom is -0.390 e. The van der Waals surface area contributed by atoms with Crippen LogP contribution in [0.4, 0.5) is 0 Å². The van der Waals surface area contributed by atoms with Gasteiger partial charge in [-0.25, -0.2) is 0 Å². The number of likely N-dealkylation sites (tertiary alicyclic amines) is 1. The molecule has 1 aromatic carbocycles. The number of aliphatic hydroxyl groups is 1. The van der Waals surface area contributed by atoms with E-state index in [1.165, 1.54) is 30.4 Å². The monoisotopic (exact) mass is 341 g/mol. The standard InChI is InChI=1S/C22H31NO2/c1-15(2)18-6-4-16(5-7-18)8-17-9-22(10-17)13-23(14-22)20(24)19-11-21(3,25)12-19/h4-7,15,17,19,25H,8-14H2,1-3H3/t19-,21+. The Morgan fingerprint density at radius 1 is 1.16 bits per heavy atom. The van der Waals surface area contributed by atoms with Crippen LogP contribution in [-0.4, -0.2) is 34.6 Å². The molecule has 1 aromatic rings. The van der Waals surface area contributed by atoms with E-state index < -0.39 is 5.60 Å². The van der Waals surface area contributed by atoms with Gasteiger partial charge in [-0.15, -0.1) is 0 Å². The number of amides is 1. The van der Waals surface area contributed by atoms with Gasteiger partial charge in [0.15, 0.2) is 0 Å². The molecule has 0 radical (unpaired) electrons. The van der Waals surface area contributed by atoms with Crippen LogP contribution in [0.1, 0.15) is 63.5 Å². The fourth-order valence-electron chi connectivity index (χ4n) is 5.29. The average molecular weight is 341 g/mol. The molecule has 1 amide bonds. The molecule has 1 heterocycles. The first kappa shape index (κ1) is 17.1. The molecule has 1 N–H and O–H groups in total. The molecule has 0 atom stereocenters. The number of carbonyl (C=O) groups is 1. The summed E-state index contributed by atoms with van der Waals surface area (Å²) in [6.07, 6.45) is 5.00. The van der Waals surface area contributed by atoms with E-state index in [2.05, 4.69) is 38.1 Å². The topological polar surface area (TPSA) is 40.5 Å². The molecule has 1 spiro atoms. The summed E-state index contributed by atoms with van der Waals surface area (Å²) in [6, 6.07) is 9.12. The van der Waals surface area contributed by atoms with E-state index in [0.29, 0.717) is 24.2 Å². The Morgan fingerprint density at radius 2 is 1.76 bits per heavy atom. The predicted octanol–water partition coefficient (Wildman–Crippen LogP) is 3.75. The molecular weight excluding hydrogens is 310 g/mol. The van der Waals surface area contributed by atoms with Gasteiger partial charge < -0.3 is 10.0 Å². The van der Waals surface area contributed by atoms with E-state index in [4.69, 9.17) is 0 Å². The quantitative estimate of drug-likeness (QED) is 0.906. The highest BCUT2D eigenvalue weighted by atomic mass is 16.3. The Morgan fingerprint density at radius 3 is 2.28 bits per heavy atom. The maximum atomic E-state index is 12.4. The number of carbonyl (C=O) groups excluding carboxylic acids is 1. The minimum absolute atomic E-state index is 0.0719. The molecule has 136 valence electrons. The van der Waals surface area contributed by atoms with Crippen molar-refractivity contribution in [3.05, 3.63) is 35.4 Å². The zero-order chi connectivity index (χ0) is 17.8. The zero-order valence-electron chi connectivity index (χ0n) is 15.8. The van der Waals surface area contributed by atoms with Gasteiger partial charge in [-0.1, -0.05) is 38.1 Å². The second kappa shape index (κ2) is 5.84. The molecule has 3 fully saturated rings. The Kier molecular flexibility index (Phi) is 3.99. The number of rotatable bonds is 4. The van der Waals surface area contributed by atoms with Crippen LogP contribution in [-0.2, 0) is 11.2 Å². The fourth-order valence-corrected chi connectivity index (χ4v) is 5.29. The molecule has 1 aliphatic heterocycles. The Hall–Kier alpha value is -1.35. The first-order valence-corrected chi connectivity index (χ1v) is 9.85. The summed E-state index contributed by atoms with van der Waals surface area (Å²) in [5.41, 5.74) is 2.69. The molecule has 0 unspecified atom stereocenters. The molecule has 4 rings (SSSR count). The van der Waals surface area contributed by atoms with Crippen LogP contribution in [0.25, 0.3) is 0 Å². The van der Waals surface area contributed by atoms with Gasteiger partial charge in [-0.2, -0.15) is 0 Å². The summed E-state index contributed by atoms with van der Waals surface area (Å²) >= 11 is 0. The maximum absolute atomic E-state index is 12.4. The number of nitrogens with zero attached hydrogens (tertiary/aromatic N) is 1. The van der Waals surface area contributed by atoms with E-state index >= 15 is 0 Å². The summed E-state index contributed by atoms with van der Waals surface area (Å²) in [6.45, 7) is 8.21. The van der Waals surface area contributed by atoms with Crippen molar-refractivity contribution in [1.29, 1.82) is 0 Å². The van der Waals surface area contributed by atoms with Gasteiger partial charge in [0.2, 0.25) is 5.91 Å². The lowest BCUT2D eigenvalue weighted by Crippen LogP contribution is -2.66. The summed E-state index contributed by atoms with van der Waals surface area (Å²) < 4.78 is 0. The van der Waals surface area contributed by atoms with E-state index in [-0.39, 0.29) is 11.8 Å². The predicted molar refractivity (Wildman–Crippen MR) is 99.3 cm³/mol. The van der Waals surface area contributed by atoms with Crippen LogP contribution >= 0.6 is 0 Å². The van der Waals surface area contributed by atoms with Crippen LogP contribution in [0, 0.1) is 17.3 Å². The summed E-state index contributed by atoms with van der Waals surface area (Å²) in [5.74, 6) is 1.73. The van der Waals surface area contributed by atoms with Gasteiger partial charge in [0.25, 0.3) is 0 Å². The summed E-state index contributed by atoms with van der Waals surface area (Å²) in [4.78, 5) is 14.4. The van der Waals surface area contributed by atoms with Crippen LogP contribution < -0.4 is 0 Å². The Balaban J connectivity index is 1.22. The molecule has 3 aliphatic rings. The number of hydrogen-bond donors (Lipinski definition) is 1. The Bertz CT molecular complexity index is 639. The zero-order valence-corrected chi connectivity index (χ0v) is 15.8. The molecular formula is C22H31NO2. The van der Waals surface area contributed by atoms with E-state index in [1.807, 2.05) is 11.8 Å². The summed E-state index contributed by atoms with van der Waals surface area (Å²) in [7, 11) is 0. The molecule has 0 aromatic heterocycles. The largest absolute Gasteiger partial charge is 0.390 e. The van der Waals surface area contributed by atoms with Crippen molar-refractivity contribution >= 4 is 5.91 Å². The van der Waals surface area contributed by atoms with Gasteiger partial charge in [0.1, 0.15) is 0 Å². The normalized spacial score (nSPS) is 30.8. The number of hydrogen-bond acceptors (Lipinski definition) is 2. The second-order valence-corrected chi connectivity index (χ2v) is 9.67. The highest BCUT2D eigenvalue weighted by Crippen LogP contribution is 2.53. The van der Waals surface area contributed by atoms with Gasteiger partial charge in [0.05, 0.1) is 5.60 Å². The number of benzene rings is 1. The first-order chi connectivity index (χ1) is 11.8. The minimum atomic E-state index is -0.602. The fraction of sp³-hybridized carbons (Fsp3) is 0.682. The molecule has 3 heteroatoms. The lowest BCUT2D eigenvalue weighted by molar-refractivity contribution is -0.171. The first-order valence-electron chi connectivity index (χ1n) is 9.85. The van der Waals surface area contributed by atoms with Gasteiger partial charge in [0, 0.05) is 24.4 Å². The van der Waals surface area contributed by atoms with Crippen molar-refractivity contribution in [3.8, 4) is 0 Å². The third-order valence-electron chi connectivity index (χ3n) is 6.70. The van der Waals surface area contributed by atoms with E-state index in [9.17, 15) is 9.90 Å². The lowest BCUT2D eigenvalue weighted by Gasteiger charge is -2.60. The Labute approximate surface area is 151 Å². The third-order valence-corrected chi connectivity index (χ3v) is 6.70. The average Bonchev–Trinajstić information content (AvgIpc) is 2.45. The molecule has 2 saturated carbocycles. The SMILES string of the molecule is CC(C)c1ccc(CC2CC3(C2)CN(C(=O)[C@H]2C[C@@](C)(O)C2)C3)cc1. The van der Waals surface area contributed by atoms with Gasteiger partial charge in [-0.05, 0) is 62.0 Å². The van der Waals surface area contributed by atoms with Crippen molar-refractivity contribution in [2.75, 3.05) is 13.1 Å². The van der Waals surface area contributed by atoms with Crippen molar-refractivity contribution in [2.45, 2.75) is 64.4 Å². The summed E-state index contributed by atoms with van der Waals surface area (Å²) in [5, 5.41) is 9.82. The third kappa shape index (κ3) is 3.23. The molecule has 2 aliphatic carbocycles. The van der Waals surface area contributed by atoms with Gasteiger partial charge >= 0.3 is 0 Å². The van der Waals surface area contributed by atoms with Gasteiger partial charge in [-0.3, -0.25) is 4.79 Å². The van der Waals surface area contributed by atoms with Crippen LogP contribution in [0.3, 0.4) is 0 Å². The highest BCUT2D eigenvalue weighted by molar-refractivity contribution is 5.81. The lowest BCUT2D eigenvalue weighted by atomic mass is 9.56. The molecule has 1 saturated heterocycles. The van der Waals surface area contributed by atoms with Crippen LogP contribution in [0.2, 0.25) is 0 Å². The molecule has 25 heavy (non-hydrogen) atoms. The highest BCUT2D eigenvalue weighted by Gasteiger charge is 2.55.